The number of aromatic nitrogens is 1. The average Bonchev–Trinajstić information content (AvgIpc) is 3.21. The van der Waals surface area contributed by atoms with Crippen molar-refractivity contribution in [2.75, 3.05) is 32.6 Å². The second kappa shape index (κ2) is 8.28. The number of nitrogens with zero attached hydrogens (tertiary/aromatic N) is 2. The highest BCUT2D eigenvalue weighted by Crippen LogP contribution is 2.40. The molecule has 168 valence electrons. The second-order valence-corrected chi connectivity index (χ2v) is 8.57. The lowest BCUT2D eigenvalue weighted by molar-refractivity contribution is 0.0692. The van der Waals surface area contributed by atoms with Gasteiger partial charge in [0.15, 0.2) is 0 Å². The molecule has 5 nitrogen and oxygen atoms in total. The Morgan fingerprint density at radius 2 is 1.79 bits per heavy atom. The van der Waals surface area contributed by atoms with Gasteiger partial charge < -0.3 is 19.5 Å². The van der Waals surface area contributed by atoms with Crippen LogP contribution in [-0.2, 0) is 6.42 Å². The molecule has 0 unspecified atom stereocenters. The normalized spacial score (nSPS) is 15.4. The first-order valence-electron chi connectivity index (χ1n) is 11.0. The number of aromatic amines is 1. The van der Waals surface area contributed by atoms with Crippen molar-refractivity contribution in [2.45, 2.75) is 12.5 Å². The molecule has 0 fully saturated rings. The van der Waals surface area contributed by atoms with Gasteiger partial charge in [0.25, 0.3) is 5.91 Å². The number of carbonyl (C=O) groups excluding carboxylic acids is 1. The minimum atomic E-state index is -0.339. The molecule has 1 aliphatic heterocycles. The Kier molecular flexibility index (Phi) is 5.29. The lowest BCUT2D eigenvalue weighted by Crippen LogP contribution is -2.40. The summed E-state index contributed by atoms with van der Waals surface area (Å²) < 4.78 is 19.1. The van der Waals surface area contributed by atoms with Crippen molar-refractivity contribution in [1.82, 2.24) is 9.88 Å². The SMILES string of the molecule is COc1ccc2[nH]c3c(c2c1)CCN(C(=O)c1ccc(N(C)C)cc1)[C@@H]3c1ccc(F)cc1. The number of ether oxygens (including phenoxy) is 1. The van der Waals surface area contributed by atoms with Crippen LogP contribution < -0.4 is 9.64 Å². The summed E-state index contributed by atoms with van der Waals surface area (Å²) in [5, 5.41) is 1.10. The molecule has 33 heavy (non-hydrogen) atoms. The molecule has 0 bridgehead atoms. The highest BCUT2D eigenvalue weighted by Gasteiger charge is 2.35. The van der Waals surface area contributed by atoms with E-state index in [0.29, 0.717) is 12.1 Å². The van der Waals surface area contributed by atoms with Crippen LogP contribution in [0, 0.1) is 5.82 Å². The molecule has 3 aromatic carbocycles. The number of benzene rings is 3. The fraction of sp³-hybridized carbons (Fsp3) is 0.222. The minimum Gasteiger partial charge on any atom is -0.497 e. The number of methoxy groups -OCH3 is 1. The van der Waals surface area contributed by atoms with Crippen LogP contribution in [0.1, 0.15) is 33.2 Å². The first kappa shape index (κ1) is 21.1. The third kappa shape index (κ3) is 3.71. The molecule has 1 amide bonds. The lowest BCUT2D eigenvalue weighted by Gasteiger charge is -2.36. The van der Waals surface area contributed by atoms with Gasteiger partial charge in [0.05, 0.1) is 13.2 Å². The number of anilines is 1. The van der Waals surface area contributed by atoms with Gasteiger partial charge in [0.2, 0.25) is 0 Å². The highest BCUT2D eigenvalue weighted by molar-refractivity contribution is 5.96. The first-order chi connectivity index (χ1) is 16.0. The highest BCUT2D eigenvalue weighted by atomic mass is 19.1. The van der Waals surface area contributed by atoms with E-state index in [4.69, 9.17) is 4.74 Å². The van der Waals surface area contributed by atoms with Crippen LogP contribution in [0.15, 0.2) is 66.7 Å². The molecule has 0 spiro atoms. The van der Waals surface area contributed by atoms with E-state index in [1.165, 1.54) is 17.7 Å². The predicted molar refractivity (Wildman–Crippen MR) is 129 cm³/mol. The van der Waals surface area contributed by atoms with Crippen molar-refractivity contribution in [3.05, 3.63) is 94.9 Å². The number of H-pyrrole nitrogens is 1. The Morgan fingerprint density at radius 1 is 1.06 bits per heavy atom. The Labute approximate surface area is 192 Å². The summed E-state index contributed by atoms with van der Waals surface area (Å²) in [6.45, 7) is 0.563. The quantitative estimate of drug-likeness (QED) is 0.473. The van der Waals surface area contributed by atoms with Gasteiger partial charge in [-0.3, -0.25) is 4.79 Å². The van der Waals surface area contributed by atoms with Crippen molar-refractivity contribution >= 4 is 22.5 Å². The molecule has 2 heterocycles. The maximum absolute atomic E-state index is 13.7. The molecule has 0 radical (unpaired) electrons. The summed E-state index contributed by atoms with van der Waals surface area (Å²) in [5.74, 6) is 0.451. The van der Waals surface area contributed by atoms with Gasteiger partial charge in [-0.1, -0.05) is 12.1 Å². The Bertz CT molecular complexity index is 1310. The van der Waals surface area contributed by atoms with E-state index in [-0.39, 0.29) is 17.8 Å². The van der Waals surface area contributed by atoms with E-state index in [0.717, 1.165) is 40.0 Å². The summed E-state index contributed by atoms with van der Waals surface area (Å²) in [6.07, 6.45) is 0.724. The third-order valence-electron chi connectivity index (χ3n) is 6.41. The van der Waals surface area contributed by atoms with Crippen LogP contribution in [0.5, 0.6) is 5.75 Å². The van der Waals surface area contributed by atoms with Crippen LogP contribution >= 0.6 is 0 Å². The number of fused-ring (bicyclic) bond motifs is 3. The molecule has 4 aromatic rings. The monoisotopic (exact) mass is 443 g/mol. The molecule has 1 atom stereocenters. The number of halogens is 1. The van der Waals surface area contributed by atoms with Crippen LogP contribution in [-0.4, -0.2) is 43.5 Å². The Morgan fingerprint density at radius 3 is 2.45 bits per heavy atom. The lowest BCUT2D eigenvalue weighted by atomic mass is 9.91. The number of carbonyl (C=O) groups is 1. The van der Waals surface area contributed by atoms with Crippen LogP contribution in [0.2, 0.25) is 0 Å². The Hall–Kier alpha value is -3.80. The van der Waals surface area contributed by atoms with Crippen molar-refractivity contribution < 1.29 is 13.9 Å². The van der Waals surface area contributed by atoms with Gasteiger partial charge in [-0.15, -0.1) is 0 Å². The van der Waals surface area contributed by atoms with Crippen molar-refractivity contribution in [3.63, 3.8) is 0 Å². The van der Waals surface area contributed by atoms with E-state index in [9.17, 15) is 9.18 Å². The molecule has 1 N–H and O–H groups in total. The maximum Gasteiger partial charge on any atom is 0.254 e. The topological polar surface area (TPSA) is 48.6 Å². The molecule has 0 saturated heterocycles. The zero-order valence-corrected chi connectivity index (χ0v) is 18.9. The number of nitrogens with one attached hydrogen (secondary N) is 1. The van der Waals surface area contributed by atoms with Gasteiger partial charge >= 0.3 is 0 Å². The predicted octanol–water partition coefficient (Wildman–Crippen LogP) is 5.17. The summed E-state index contributed by atoms with van der Waals surface area (Å²) in [6, 6.07) is 19.7. The summed E-state index contributed by atoms with van der Waals surface area (Å²) in [4.78, 5) is 21.1. The van der Waals surface area contributed by atoms with E-state index >= 15 is 0 Å². The molecule has 1 aliphatic rings. The standard InChI is InChI=1S/C27H26FN3O2/c1-30(2)20-10-6-18(7-11-20)27(32)31-15-14-22-23-16-21(33-3)12-13-24(23)29-25(22)26(31)17-4-8-19(28)9-5-17/h4-13,16,26,29H,14-15H2,1-3H3/t26-/m1/s1. The van der Waals surface area contributed by atoms with E-state index in [1.54, 1.807) is 19.2 Å². The van der Waals surface area contributed by atoms with Gasteiger partial charge in [0, 0.05) is 48.5 Å². The smallest absolute Gasteiger partial charge is 0.254 e. The maximum atomic E-state index is 13.7. The molecular weight excluding hydrogens is 417 g/mol. The van der Waals surface area contributed by atoms with Crippen LogP contribution in [0.25, 0.3) is 10.9 Å². The number of rotatable bonds is 4. The average molecular weight is 444 g/mol. The minimum absolute atomic E-state index is 0.0449. The van der Waals surface area contributed by atoms with Crippen molar-refractivity contribution in [2.24, 2.45) is 0 Å². The summed E-state index contributed by atoms with van der Waals surface area (Å²) in [7, 11) is 5.60. The Balaban J connectivity index is 1.61. The number of hydrogen-bond donors (Lipinski definition) is 1. The fourth-order valence-electron chi connectivity index (χ4n) is 4.67. The summed E-state index contributed by atoms with van der Waals surface area (Å²) >= 11 is 0. The van der Waals surface area contributed by atoms with E-state index in [1.807, 2.05) is 66.4 Å². The van der Waals surface area contributed by atoms with Crippen LogP contribution in [0.4, 0.5) is 10.1 Å². The van der Waals surface area contributed by atoms with Crippen molar-refractivity contribution in [3.8, 4) is 5.75 Å². The van der Waals surface area contributed by atoms with Gasteiger partial charge in [-0.05, 0) is 72.1 Å². The summed E-state index contributed by atoms with van der Waals surface area (Å²) in [5.41, 5.74) is 5.67. The molecular formula is C27H26FN3O2. The van der Waals surface area contributed by atoms with Crippen molar-refractivity contribution in [1.29, 1.82) is 0 Å². The van der Waals surface area contributed by atoms with Gasteiger partial charge in [-0.2, -0.15) is 0 Å². The first-order valence-corrected chi connectivity index (χ1v) is 11.0. The molecule has 0 saturated carbocycles. The molecule has 5 rings (SSSR count). The molecule has 0 aliphatic carbocycles. The van der Waals surface area contributed by atoms with Gasteiger partial charge in [0.1, 0.15) is 11.6 Å². The zero-order chi connectivity index (χ0) is 23.1. The number of amides is 1. The van der Waals surface area contributed by atoms with Gasteiger partial charge in [-0.25, -0.2) is 4.39 Å². The second-order valence-electron chi connectivity index (χ2n) is 8.57. The molecule has 6 heteroatoms. The van der Waals surface area contributed by atoms with E-state index < -0.39 is 0 Å². The largest absolute Gasteiger partial charge is 0.497 e. The fourth-order valence-corrected chi connectivity index (χ4v) is 4.67. The van der Waals surface area contributed by atoms with Crippen LogP contribution in [0.3, 0.4) is 0 Å². The number of hydrogen-bond acceptors (Lipinski definition) is 3. The third-order valence-corrected chi connectivity index (χ3v) is 6.41. The van der Waals surface area contributed by atoms with E-state index in [2.05, 4.69) is 4.98 Å². The zero-order valence-electron chi connectivity index (χ0n) is 18.9. The molecule has 1 aromatic heterocycles.